The standard InChI is InChI=1S/C17H38N.BrH/c1-5-6-7-8-9-10-11-12-13-14-15-16-17-18(2,3)4;/h5-17H2,1-4H3;1H/q+1;/p-1. The van der Waals surface area contributed by atoms with Crippen molar-refractivity contribution in [3.63, 3.8) is 0 Å². The summed E-state index contributed by atoms with van der Waals surface area (Å²) in [5, 5.41) is 0. The highest BCUT2D eigenvalue weighted by Gasteiger charge is 2.04. The number of halogens is 1. The quantitative estimate of drug-likeness (QED) is 0.358. The van der Waals surface area contributed by atoms with Gasteiger partial charge < -0.3 is 21.5 Å². The minimum atomic E-state index is 0. The van der Waals surface area contributed by atoms with Gasteiger partial charge in [-0.3, -0.25) is 0 Å². The van der Waals surface area contributed by atoms with E-state index >= 15 is 0 Å². The summed E-state index contributed by atoms with van der Waals surface area (Å²) in [6.07, 6.45) is 17.4. The molecule has 0 atom stereocenters. The van der Waals surface area contributed by atoms with Crippen molar-refractivity contribution in [3.8, 4) is 0 Å². The van der Waals surface area contributed by atoms with Crippen molar-refractivity contribution >= 4 is 0 Å². The first-order chi connectivity index (χ1) is 8.56. The van der Waals surface area contributed by atoms with E-state index in [9.17, 15) is 0 Å². The summed E-state index contributed by atoms with van der Waals surface area (Å²) in [4.78, 5) is 0. The van der Waals surface area contributed by atoms with E-state index in [2.05, 4.69) is 28.1 Å². The third-order valence-electron chi connectivity index (χ3n) is 3.68. The smallest absolute Gasteiger partial charge is 0.0780 e. The molecule has 0 heterocycles. The van der Waals surface area contributed by atoms with Gasteiger partial charge in [0.25, 0.3) is 0 Å². The second kappa shape index (κ2) is 14.8. The van der Waals surface area contributed by atoms with Gasteiger partial charge in [-0.15, -0.1) is 0 Å². The largest absolute Gasteiger partial charge is 1.00 e. The van der Waals surface area contributed by atoms with Gasteiger partial charge in [0.2, 0.25) is 0 Å². The van der Waals surface area contributed by atoms with Crippen LogP contribution in [-0.2, 0) is 0 Å². The topological polar surface area (TPSA) is 0 Å². The number of rotatable bonds is 13. The van der Waals surface area contributed by atoms with Crippen LogP contribution in [0.2, 0.25) is 0 Å². The normalized spacial score (nSPS) is 11.4. The monoisotopic (exact) mass is 335 g/mol. The Kier molecular flexibility index (Phi) is 17.0. The molecule has 0 fully saturated rings. The molecule has 0 saturated carbocycles. The summed E-state index contributed by atoms with van der Waals surface area (Å²) in [5.41, 5.74) is 0. The molecular weight excluding hydrogens is 298 g/mol. The molecule has 0 aliphatic carbocycles. The van der Waals surface area contributed by atoms with Crippen LogP contribution in [0.1, 0.15) is 84.0 Å². The summed E-state index contributed by atoms with van der Waals surface area (Å²) in [7, 11) is 6.87. The maximum Gasteiger partial charge on any atom is 0.0780 e. The lowest BCUT2D eigenvalue weighted by molar-refractivity contribution is -0.870. The summed E-state index contributed by atoms with van der Waals surface area (Å²) < 4.78 is 1.12. The molecule has 0 aromatic carbocycles. The minimum Gasteiger partial charge on any atom is -1.00 e. The van der Waals surface area contributed by atoms with E-state index in [4.69, 9.17) is 0 Å². The Hall–Kier alpha value is 0.440. The molecule has 2 heteroatoms. The maximum absolute atomic E-state index is 2.29. The molecule has 118 valence electrons. The molecule has 0 unspecified atom stereocenters. The predicted molar refractivity (Wildman–Crippen MR) is 84.0 cm³/mol. The van der Waals surface area contributed by atoms with Crippen molar-refractivity contribution in [2.24, 2.45) is 0 Å². The fraction of sp³-hybridized carbons (Fsp3) is 1.00. The summed E-state index contributed by atoms with van der Waals surface area (Å²) >= 11 is 0. The van der Waals surface area contributed by atoms with Gasteiger partial charge in [-0.25, -0.2) is 0 Å². The van der Waals surface area contributed by atoms with Crippen LogP contribution < -0.4 is 17.0 Å². The van der Waals surface area contributed by atoms with Gasteiger partial charge in [-0.1, -0.05) is 71.1 Å². The van der Waals surface area contributed by atoms with Crippen molar-refractivity contribution in [2.75, 3.05) is 27.7 Å². The fourth-order valence-corrected chi connectivity index (χ4v) is 2.43. The van der Waals surface area contributed by atoms with Gasteiger partial charge in [0.15, 0.2) is 0 Å². The van der Waals surface area contributed by atoms with Crippen LogP contribution in [0.25, 0.3) is 0 Å². The Morgan fingerprint density at radius 2 is 0.842 bits per heavy atom. The molecule has 19 heavy (non-hydrogen) atoms. The number of quaternary nitrogens is 1. The lowest BCUT2D eigenvalue weighted by atomic mass is 10.1. The average molecular weight is 336 g/mol. The Bertz CT molecular complexity index is 163. The zero-order chi connectivity index (χ0) is 13.7. The van der Waals surface area contributed by atoms with E-state index in [0.29, 0.717) is 0 Å². The molecule has 0 amide bonds. The van der Waals surface area contributed by atoms with Crippen LogP contribution in [0.5, 0.6) is 0 Å². The van der Waals surface area contributed by atoms with Gasteiger partial charge in [0.1, 0.15) is 0 Å². The van der Waals surface area contributed by atoms with Crippen LogP contribution in [0.15, 0.2) is 0 Å². The SMILES string of the molecule is CCCCCCCCCCCCCC[N+](C)(C)C.[Br-]. The second-order valence-electron chi connectivity index (χ2n) is 6.90. The highest BCUT2D eigenvalue weighted by Crippen LogP contribution is 2.12. The predicted octanol–water partition coefficient (Wildman–Crippen LogP) is 2.40. The Morgan fingerprint density at radius 1 is 0.526 bits per heavy atom. The molecule has 0 aliphatic heterocycles. The first kappa shape index (κ1) is 21.7. The molecule has 1 nitrogen and oxygen atoms in total. The zero-order valence-electron chi connectivity index (χ0n) is 14.0. The maximum atomic E-state index is 2.29. The molecule has 0 spiro atoms. The Balaban J connectivity index is 0. The van der Waals surface area contributed by atoms with Crippen molar-refractivity contribution in [2.45, 2.75) is 84.0 Å². The summed E-state index contributed by atoms with van der Waals surface area (Å²) in [6, 6.07) is 0. The van der Waals surface area contributed by atoms with Crippen molar-refractivity contribution in [3.05, 3.63) is 0 Å². The van der Waals surface area contributed by atoms with E-state index in [1.807, 2.05) is 0 Å². The number of hydrogen-bond acceptors (Lipinski definition) is 0. The minimum absolute atomic E-state index is 0. The lowest BCUT2D eigenvalue weighted by Gasteiger charge is -2.23. The Morgan fingerprint density at radius 3 is 1.16 bits per heavy atom. The van der Waals surface area contributed by atoms with Gasteiger partial charge >= 0.3 is 0 Å². The molecule has 0 aliphatic rings. The van der Waals surface area contributed by atoms with Gasteiger partial charge in [0.05, 0.1) is 27.7 Å². The van der Waals surface area contributed by atoms with Crippen molar-refractivity contribution in [1.29, 1.82) is 0 Å². The molecule has 0 N–H and O–H groups in total. The highest BCUT2D eigenvalue weighted by molar-refractivity contribution is 4.48. The van der Waals surface area contributed by atoms with E-state index in [1.165, 1.54) is 83.6 Å². The number of unbranched alkanes of at least 4 members (excludes halogenated alkanes) is 11. The third kappa shape index (κ3) is 20.9. The van der Waals surface area contributed by atoms with Crippen LogP contribution in [0.3, 0.4) is 0 Å². The number of hydrogen-bond donors (Lipinski definition) is 0. The average Bonchev–Trinajstić information content (AvgIpc) is 2.29. The summed E-state index contributed by atoms with van der Waals surface area (Å²) in [6.45, 7) is 3.62. The molecular formula is C17H38BrN. The second-order valence-corrected chi connectivity index (χ2v) is 6.90. The highest BCUT2D eigenvalue weighted by atomic mass is 79.9. The Labute approximate surface area is 133 Å². The molecule has 0 radical (unpaired) electrons. The van der Waals surface area contributed by atoms with E-state index in [1.54, 1.807) is 0 Å². The van der Waals surface area contributed by atoms with Crippen LogP contribution in [0, 0.1) is 0 Å². The van der Waals surface area contributed by atoms with Gasteiger partial charge in [-0.2, -0.15) is 0 Å². The van der Waals surface area contributed by atoms with Gasteiger partial charge in [0, 0.05) is 0 Å². The first-order valence-electron chi connectivity index (χ1n) is 8.36. The molecule has 0 aromatic heterocycles. The van der Waals surface area contributed by atoms with E-state index in [0.717, 1.165) is 4.48 Å². The van der Waals surface area contributed by atoms with Crippen LogP contribution >= 0.6 is 0 Å². The molecule has 0 rings (SSSR count). The molecule has 0 saturated heterocycles. The first-order valence-corrected chi connectivity index (χ1v) is 8.36. The van der Waals surface area contributed by atoms with Crippen molar-refractivity contribution < 1.29 is 21.5 Å². The summed E-state index contributed by atoms with van der Waals surface area (Å²) in [5.74, 6) is 0. The number of nitrogens with zero attached hydrogens (tertiary/aromatic N) is 1. The molecule has 0 aromatic rings. The van der Waals surface area contributed by atoms with Crippen molar-refractivity contribution in [1.82, 2.24) is 0 Å². The van der Waals surface area contributed by atoms with E-state index < -0.39 is 0 Å². The zero-order valence-corrected chi connectivity index (χ0v) is 15.6. The third-order valence-corrected chi connectivity index (χ3v) is 3.68. The van der Waals surface area contributed by atoms with Crippen LogP contribution in [0.4, 0.5) is 0 Å². The molecule has 0 bridgehead atoms. The fourth-order valence-electron chi connectivity index (χ4n) is 2.43. The van der Waals surface area contributed by atoms with Crippen LogP contribution in [-0.4, -0.2) is 32.2 Å². The lowest BCUT2D eigenvalue weighted by Crippen LogP contribution is -3.00. The van der Waals surface area contributed by atoms with E-state index in [-0.39, 0.29) is 17.0 Å². The van der Waals surface area contributed by atoms with Gasteiger partial charge in [-0.05, 0) is 12.8 Å².